The highest BCUT2D eigenvalue weighted by molar-refractivity contribution is 7.09. The third-order valence-corrected chi connectivity index (χ3v) is 4.25. The maximum Gasteiger partial charge on any atom is 0.114 e. The zero-order valence-corrected chi connectivity index (χ0v) is 13.4. The summed E-state index contributed by atoms with van der Waals surface area (Å²) in [6.45, 7) is 4.28. The van der Waals surface area contributed by atoms with Crippen molar-refractivity contribution in [2.75, 3.05) is 7.05 Å². The fourth-order valence-corrected chi connectivity index (χ4v) is 3.53. The molecule has 0 aliphatic carbocycles. The molecule has 0 amide bonds. The van der Waals surface area contributed by atoms with Gasteiger partial charge in [-0.1, -0.05) is 37.0 Å². The van der Waals surface area contributed by atoms with E-state index in [2.05, 4.69) is 29.5 Å². The fourth-order valence-electron chi connectivity index (χ4n) is 1.87. The van der Waals surface area contributed by atoms with Crippen LogP contribution in [0.15, 0.2) is 23.6 Å². The molecule has 0 saturated heterocycles. The number of aromatic nitrogens is 1. The third kappa shape index (κ3) is 3.48. The number of nitrogens with one attached hydrogen (secondary N) is 1. The predicted molar refractivity (Wildman–Crippen MR) is 83.6 cm³/mol. The molecule has 0 spiro atoms. The van der Waals surface area contributed by atoms with Gasteiger partial charge in [0.05, 0.1) is 11.7 Å². The van der Waals surface area contributed by atoms with E-state index >= 15 is 0 Å². The number of hydrogen-bond acceptors (Lipinski definition) is 3. The summed E-state index contributed by atoms with van der Waals surface area (Å²) in [5.74, 6) is 0.436. The Morgan fingerprint density at radius 3 is 2.26 bits per heavy atom. The molecule has 0 aliphatic heterocycles. The maximum absolute atomic E-state index is 6.07. The lowest BCUT2D eigenvalue weighted by molar-refractivity contribution is 0.679. The van der Waals surface area contributed by atoms with Crippen LogP contribution in [0.5, 0.6) is 0 Å². The minimum absolute atomic E-state index is 0.0219. The summed E-state index contributed by atoms with van der Waals surface area (Å²) in [4.78, 5) is 4.69. The monoisotopic (exact) mass is 314 g/mol. The summed E-state index contributed by atoms with van der Waals surface area (Å²) in [6.07, 6.45) is 0. The molecule has 1 atom stereocenters. The first-order chi connectivity index (χ1) is 9.01. The Morgan fingerprint density at radius 2 is 1.79 bits per heavy atom. The summed E-state index contributed by atoms with van der Waals surface area (Å²) in [5, 5.41) is 7.70. The Bertz CT molecular complexity index is 546. The van der Waals surface area contributed by atoms with Gasteiger partial charge in [0.1, 0.15) is 5.01 Å². The van der Waals surface area contributed by atoms with Gasteiger partial charge in [0.15, 0.2) is 0 Å². The van der Waals surface area contributed by atoms with Gasteiger partial charge in [-0.05, 0) is 36.7 Å². The molecule has 0 bridgehead atoms. The second-order valence-corrected chi connectivity index (χ2v) is 6.45. The summed E-state index contributed by atoms with van der Waals surface area (Å²) >= 11 is 13.8. The Hall–Kier alpha value is -0.610. The summed E-state index contributed by atoms with van der Waals surface area (Å²) < 4.78 is 0. The van der Waals surface area contributed by atoms with Crippen molar-refractivity contribution in [2.45, 2.75) is 25.8 Å². The molecular formula is C14H16Cl2N2S. The molecule has 1 heterocycles. The van der Waals surface area contributed by atoms with Crippen molar-refractivity contribution >= 4 is 34.5 Å². The number of benzene rings is 1. The van der Waals surface area contributed by atoms with E-state index in [-0.39, 0.29) is 6.04 Å². The molecular weight excluding hydrogens is 299 g/mol. The van der Waals surface area contributed by atoms with E-state index in [0.717, 1.165) is 16.3 Å². The van der Waals surface area contributed by atoms with Crippen LogP contribution < -0.4 is 5.32 Å². The van der Waals surface area contributed by atoms with Gasteiger partial charge < -0.3 is 5.32 Å². The second kappa shape index (κ2) is 6.23. The lowest BCUT2D eigenvalue weighted by Crippen LogP contribution is -2.17. The van der Waals surface area contributed by atoms with E-state index < -0.39 is 0 Å². The first kappa shape index (κ1) is 14.8. The largest absolute Gasteiger partial charge is 0.307 e. The smallest absolute Gasteiger partial charge is 0.114 e. The first-order valence-corrected chi connectivity index (χ1v) is 7.73. The zero-order chi connectivity index (χ0) is 14.0. The first-order valence-electron chi connectivity index (χ1n) is 6.10. The van der Waals surface area contributed by atoms with Crippen LogP contribution in [-0.4, -0.2) is 12.0 Å². The fraction of sp³-hybridized carbons (Fsp3) is 0.357. The minimum atomic E-state index is 0.0219. The van der Waals surface area contributed by atoms with Gasteiger partial charge in [-0.25, -0.2) is 4.98 Å². The molecule has 1 aromatic heterocycles. The van der Waals surface area contributed by atoms with Gasteiger partial charge in [0.25, 0.3) is 0 Å². The molecule has 1 unspecified atom stereocenters. The van der Waals surface area contributed by atoms with Crippen molar-refractivity contribution in [2.24, 2.45) is 0 Å². The van der Waals surface area contributed by atoms with Gasteiger partial charge in [-0.2, -0.15) is 0 Å². The molecule has 0 aliphatic rings. The standard InChI is InChI=1S/C14H16Cl2N2S/c1-8(2)12-7-19-14(18-12)13(17-3)9-4-10(15)6-11(16)5-9/h4-8,13,17H,1-3H3. The number of halogens is 2. The maximum atomic E-state index is 6.07. The molecule has 1 N–H and O–H groups in total. The molecule has 19 heavy (non-hydrogen) atoms. The van der Waals surface area contributed by atoms with Crippen molar-refractivity contribution in [1.29, 1.82) is 0 Å². The van der Waals surface area contributed by atoms with E-state index in [9.17, 15) is 0 Å². The average Bonchev–Trinajstić information content (AvgIpc) is 2.78. The zero-order valence-electron chi connectivity index (χ0n) is 11.1. The minimum Gasteiger partial charge on any atom is -0.307 e. The van der Waals surface area contributed by atoms with Crippen LogP contribution in [0.25, 0.3) is 0 Å². The number of rotatable bonds is 4. The molecule has 102 valence electrons. The molecule has 0 fully saturated rings. The highest BCUT2D eigenvalue weighted by Crippen LogP contribution is 2.30. The van der Waals surface area contributed by atoms with Gasteiger partial charge in [-0.3, -0.25) is 0 Å². The van der Waals surface area contributed by atoms with Crippen LogP contribution in [0.1, 0.15) is 42.1 Å². The number of thiazole rings is 1. The molecule has 2 rings (SSSR count). The molecule has 2 aromatic rings. The van der Waals surface area contributed by atoms with Crippen molar-refractivity contribution in [3.05, 3.63) is 49.9 Å². The summed E-state index contributed by atoms with van der Waals surface area (Å²) in [7, 11) is 1.91. The van der Waals surface area contributed by atoms with Crippen molar-refractivity contribution in [3.8, 4) is 0 Å². The van der Waals surface area contributed by atoms with Crippen LogP contribution in [0, 0.1) is 0 Å². The normalized spacial score (nSPS) is 12.9. The Morgan fingerprint density at radius 1 is 1.16 bits per heavy atom. The van der Waals surface area contributed by atoms with E-state index in [4.69, 9.17) is 23.2 Å². The second-order valence-electron chi connectivity index (χ2n) is 4.69. The molecule has 1 aromatic carbocycles. The Labute approximate surface area is 127 Å². The van der Waals surface area contributed by atoms with E-state index in [1.54, 1.807) is 17.4 Å². The molecule has 2 nitrogen and oxygen atoms in total. The predicted octanol–water partition coefficient (Wildman–Crippen LogP) is 4.88. The number of hydrogen-bond donors (Lipinski definition) is 1. The number of nitrogens with zero attached hydrogens (tertiary/aromatic N) is 1. The summed E-state index contributed by atoms with van der Waals surface area (Å²) in [6, 6.07) is 5.60. The molecule has 5 heteroatoms. The van der Waals surface area contributed by atoms with E-state index in [1.165, 1.54) is 0 Å². The van der Waals surface area contributed by atoms with Crippen molar-refractivity contribution in [1.82, 2.24) is 10.3 Å². The molecule has 0 saturated carbocycles. The van der Waals surface area contributed by atoms with Crippen LogP contribution in [-0.2, 0) is 0 Å². The SMILES string of the molecule is CNC(c1cc(Cl)cc(Cl)c1)c1nc(C(C)C)cs1. The summed E-state index contributed by atoms with van der Waals surface area (Å²) in [5.41, 5.74) is 2.15. The third-order valence-electron chi connectivity index (χ3n) is 2.89. The molecule has 0 radical (unpaired) electrons. The Balaban J connectivity index is 2.37. The highest BCUT2D eigenvalue weighted by Gasteiger charge is 2.17. The van der Waals surface area contributed by atoms with E-state index in [0.29, 0.717) is 16.0 Å². The van der Waals surface area contributed by atoms with Crippen LogP contribution in [0.3, 0.4) is 0 Å². The lowest BCUT2D eigenvalue weighted by Gasteiger charge is -2.14. The van der Waals surface area contributed by atoms with E-state index in [1.807, 2.05) is 19.2 Å². The van der Waals surface area contributed by atoms with Gasteiger partial charge in [-0.15, -0.1) is 11.3 Å². The highest BCUT2D eigenvalue weighted by atomic mass is 35.5. The topological polar surface area (TPSA) is 24.9 Å². The van der Waals surface area contributed by atoms with Crippen molar-refractivity contribution < 1.29 is 0 Å². The van der Waals surface area contributed by atoms with Crippen LogP contribution >= 0.6 is 34.5 Å². The van der Waals surface area contributed by atoms with Crippen LogP contribution in [0.2, 0.25) is 10.0 Å². The Kier molecular flexibility index (Phi) is 4.85. The quantitative estimate of drug-likeness (QED) is 0.869. The van der Waals surface area contributed by atoms with Gasteiger partial charge in [0, 0.05) is 15.4 Å². The van der Waals surface area contributed by atoms with Crippen molar-refractivity contribution in [3.63, 3.8) is 0 Å². The van der Waals surface area contributed by atoms with Gasteiger partial charge >= 0.3 is 0 Å². The lowest BCUT2D eigenvalue weighted by atomic mass is 10.1. The van der Waals surface area contributed by atoms with Crippen LogP contribution in [0.4, 0.5) is 0 Å². The van der Waals surface area contributed by atoms with Gasteiger partial charge in [0.2, 0.25) is 0 Å². The average molecular weight is 315 g/mol.